The highest BCUT2D eigenvalue weighted by molar-refractivity contribution is 6.27. The molecule has 0 N–H and O–H groups in total. The molecule has 58 valence electrons. The van der Waals surface area contributed by atoms with Gasteiger partial charge in [-0.05, 0) is 0 Å². The highest BCUT2D eigenvalue weighted by Crippen LogP contribution is 2.10. The van der Waals surface area contributed by atoms with Crippen molar-refractivity contribution in [2.75, 3.05) is 5.88 Å². The van der Waals surface area contributed by atoms with Gasteiger partial charge < -0.3 is 0 Å². The van der Waals surface area contributed by atoms with Gasteiger partial charge in [0.25, 0.3) is 5.91 Å². The van der Waals surface area contributed by atoms with Crippen LogP contribution in [0.3, 0.4) is 0 Å². The minimum atomic E-state index is -0.457. The van der Waals surface area contributed by atoms with Crippen LogP contribution in [0.15, 0.2) is 5.10 Å². The van der Waals surface area contributed by atoms with Crippen LogP contribution in [0, 0.1) is 11.3 Å². The summed E-state index contributed by atoms with van der Waals surface area (Å²) in [7, 11) is 0. The Hall–Kier alpha value is -1.08. The molecule has 0 aromatic heterocycles. The number of hydrogen-bond acceptors (Lipinski definition) is 3. The number of alkyl halides is 1. The normalized spacial score (nSPS) is 21.8. The first-order valence-electron chi connectivity index (χ1n) is 3.09. The van der Waals surface area contributed by atoms with Crippen molar-refractivity contribution in [3.05, 3.63) is 0 Å². The lowest BCUT2D eigenvalue weighted by Crippen LogP contribution is -2.32. The first kappa shape index (κ1) is 8.02. The molecular weight excluding hydrogens is 166 g/mol. The molecule has 0 aromatic carbocycles. The molecule has 0 saturated heterocycles. The molecule has 11 heavy (non-hydrogen) atoms. The number of rotatable bonds is 1. The molecule has 1 unspecified atom stereocenters. The number of carbonyl (C=O) groups is 1. The van der Waals surface area contributed by atoms with Gasteiger partial charge in [0, 0.05) is 12.6 Å². The summed E-state index contributed by atoms with van der Waals surface area (Å²) in [5.74, 6) is -0.456. The number of hydrogen-bond donors (Lipinski definition) is 0. The van der Waals surface area contributed by atoms with Crippen LogP contribution in [0.5, 0.6) is 0 Å². The van der Waals surface area contributed by atoms with E-state index in [1.807, 2.05) is 6.07 Å². The van der Waals surface area contributed by atoms with Crippen molar-refractivity contribution in [1.82, 2.24) is 5.01 Å². The van der Waals surface area contributed by atoms with E-state index in [1.165, 1.54) is 0 Å². The van der Waals surface area contributed by atoms with E-state index in [-0.39, 0.29) is 11.8 Å². The van der Waals surface area contributed by atoms with Gasteiger partial charge in [0.1, 0.15) is 11.9 Å². The second-order valence-electron chi connectivity index (χ2n) is 2.05. The maximum absolute atomic E-state index is 10.9. The monoisotopic (exact) mass is 171 g/mol. The van der Waals surface area contributed by atoms with E-state index in [9.17, 15) is 4.79 Å². The van der Waals surface area contributed by atoms with E-state index < -0.39 is 6.04 Å². The van der Waals surface area contributed by atoms with Crippen LogP contribution in [0.1, 0.15) is 6.42 Å². The Labute approximate surface area is 69.0 Å². The van der Waals surface area contributed by atoms with Gasteiger partial charge in [0.05, 0.1) is 6.07 Å². The quantitative estimate of drug-likeness (QED) is 0.534. The molecule has 0 fully saturated rings. The summed E-state index contributed by atoms with van der Waals surface area (Å²) >= 11 is 5.28. The van der Waals surface area contributed by atoms with E-state index in [0.29, 0.717) is 6.42 Å². The number of hydrazone groups is 1. The fraction of sp³-hybridized carbons (Fsp3) is 0.500. The summed E-state index contributed by atoms with van der Waals surface area (Å²) in [5, 5.41) is 13.3. The van der Waals surface area contributed by atoms with Crippen LogP contribution >= 0.6 is 11.6 Å². The summed E-state index contributed by atoms with van der Waals surface area (Å²) in [6.45, 7) is 0. The molecule has 0 spiro atoms. The van der Waals surface area contributed by atoms with Crippen molar-refractivity contribution in [2.45, 2.75) is 12.5 Å². The lowest BCUT2D eigenvalue weighted by Gasteiger charge is -2.13. The summed E-state index contributed by atoms with van der Waals surface area (Å²) < 4.78 is 0. The van der Waals surface area contributed by atoms with Crippen LogP contribution in [0.2, 0.25) is 0 Å². The van der Waals surface area contributed by atoms with Gasteiger partial charge in [0.2, 0.25) is 0 Å². The first-order chi connectivity index (χ1) is 5.29. The second-order valence-corrected chi connectivity index (χ2v) is 2.32. The third-order valence-electron chi connectivity index (χ3n) is 1.35. The lowest BCUT2D eigenvalue weighted by atomic mass is 10.2. The molecule has 0 radical (unpaired) electrons. The Bertz CT molecular complexity index is 232. The van der Waals surface area contributed by atoms with Crippen molar-refractivity contribution >= 4 is 23.7 Å². The Balaban J connectivity index is 2.65. The summed E-state index contributed by atoms with van der Waals surface area (Å²) in [6, 6.07) is 1.49. The molecule has 0 aromatic rings. The van der Waals surface area contributed by atoms with Gasteiger partial charge in [-0.3, -0.25) is 4.79 Å². The van der Waals surface area contributed by atoms with Crippen LogP contribution in [0.4, 0.5) is 0 Å². The first-order valence-corrected chi connectivity index (χ1v) is 3.63. The zero-order valence-electron chi connectivity index (χ0n) is 5.70. The third kappa shape index (κ3) is 1.49. The van der Waals surface area contributed by atoms with Crippen molar-refractivity contribution in [2.24, 2.45) is 5.10 Å². The fourth-order valence-corrected chi connectivity index (χ4v) is 0.945. The SMILES string of the molecule is N#CC1CC=NN1C(=O)CCl. The van der Waals surface area contributed by atoms with Crippen molar-refractivity contribution < 1.29 is 4.79 Å². The third-order valence-corrected chi connectivity index (χ3v) is 1.58. The molecule has 5 heteroatoms. The zero-order chi connectivity index (χ0) is 8.27. The predicted molar refractivity (Wildman–Crippen MR) is 40.1 cm³/mol. The molecule has 0 bridgehead atoms. The van der Waals surface area contributed by atoms with E-state index in [2.05, 4.69) is 5.10 Å². The number of amides is 1. The van der Waals surface area contributed by atoms with Gasteiger partial charge in [-0.1, -0.05) is 0 Å². The Morgan fingerprint density at radius 2 is 2.73 bits per heavy atom. The van der Waals surface area contributed by atoms with Crippen LogP contribution in [-0.2, 0) is 4.79 Å². The molecule has 1 atom stereocenters. The zero-order valence-corrected chi connectivity index (χ0v) is 6.45. The standard InChI is InChI=1S/C6H6ClN3O/c7-3-6(11)10-5(4-8)1-2-9-10/h2,5H,1,3H2. The van der Waals surface area contributed by atoms with Crippen LogP contribution in [-0.4, -0.2) is 29.1 Å². The van der Waals surface area contributed by atoms with E-state index in [0.717, 1.165) is 5.01 Å². The Kier molecular flexibility index (Phi) is 2.44. The maximum Gasteiger partial charge on any atom is 0.258 e. The van der Waals surface area contributed by atoms with Gasteiger partial charge >= 0.3 is 0 Å². The smallest absolute Gasteiger partial charge is 0.258 e. The molecule has 1 rings (SSSR count). The number of halogens is 1. The molecule has 0 saturated carbocycles. The molecule has 1 aliphatic heterocycles. The predicted octanol–water partition coefficient (Wildman–Crippen LogP) is 0.335. The molecule has 1 aliphatic rings. The van der Waals surface area contributed by atoms with Crippen molar-refractivity contribution in [1.29, 1.82) is 5.26 Å². The van der Waals surface area contributed by atoms with Gasteiger partial charge in [-0.15, -0.1) is 11.6 Å². The summed E-state index contributed by atoms with van der Waals surface area (Å²) in [5.41, 5.74) is 0. The van der Waals surface area contributed by atoms with E-state index >= 15 is 0 Å². The average molecular weight is 172 g/mol. The van der Waals surface area contributed by atoms with Crippen molar-refractivity contribution in [3.63, 3.8) is 0 Å². The largest absolute Gasteiger partial charge is 0.272 e. The second kappa shape index (κ2) is 3.35. The van der Waals surface area contributed by atoms with Crippen LogP contribution in [0.25, 0.3) is 0 Å². The Morgan fingerprint density at radius 3 is 3.27 bits per heavy atom. The molecule has 1 amide bonds. The van der Waals surface area contributed by atoms with Crippen LogP contribution < -0.4 is 0 Å². The molecule has 0 aliphatic carbocycles. The molecule has 4 nitrogen and oxygen atoms in total. The average Bonchev–Trinajstić information content (AvgIpc) is 2.50. The van der Waals surface area contributed by atoms with Gasteiger partial charge in [-0.2, -0.15) is 10.4 Å². The highest BCUT2D eigenvalue weighted by Gasteiger charge is 2.25. The number of nitriles is 1. The van der Waals surface area contributed by atoms with Gasteiger partial charge in [-0.25, -0.2) is 5.01 Å². The molecular formula is C6H6ClN3O. The number of nitrogens with zero attached hydrogens (tertiary/aromatic N) is 3. The van der Waals surface area contributed by atoms with Crippen molar-refractivity contribution in [3.8, 4) is 6.07 Å². The fourth-order valence-electron chi connectivity index (χ4n) is 0.822. The lowest BCUT2D eigenvalue weighted by molar-refractivity contribution is -0.129. The Morgan fingerprint density at radius 1 is 2.00 bits per heavy atom. The minimum Gasteiger partial charge on any atom is -0.272 e. The topological polar surface area (TPSA) is 56.5 Å². The summed E-state index contributed by atoms with van der Waals surface area (Å²) in [4.78, 5) is 10.9. The summed E-state index contributed by atoms with van der Waals surface area (Å²) in [6.07, 6.45) is 2.04. The highest BCUT2D eigenvalue weighted by atomic mass is 35.5. The van der Waals surface area contributed by atoms with E-state index in [1.54, 1.807) is 6.21 Å². The number of carbonyl (C=O) groups excluding carboxylic acids is 1. The molecule has 1 heterocycles. The maximum atomic E-state index is 10.9. The van der Waals surface area contributed by atoms with Gasteiger partial charge in [0.15, 0.2) is 0 Å². The van der Waals surface area contributed by atoms with E-state index in [4.69, 9.17) is 16.9 Å². The minimum absolute atomic E-state index is 0.129.